The summed E-state index contributed by atoms with van der Waals surface area (Å²) in [5.41, 5.74) is 1.01. The number of halogens is 1. The quantitative estimate of drug-likeness (QED) is 0.855. The molecule has 2 fully saturated rings. The molecule has 0 radical (unpaired) electrons. The molecule has 1 aromatic rings. The van der Waals surface area contributed by atoms with Gasteiger partial charge in [-0.1, -0.05) is 12.1 Å². The molecule has 2 aliphatic heterocycles. The molecule has 3 rings (SSSR count). The Bertz CT molecular complexity index is 621. The predicted octanol–water partition coefficient (Wildman–Crippen LogP) is 0.311. The van der Waals surface area contributed by atoms with Gasteiger partial charge in [-0.15, -0.1) is 0 Å². The van der Waals surface area contributed by atoms with Crippen LogP contribution in [0.4, 0.5) is 4.39 Å². The van der Waals surface area contributed by atoms with Crippen molar-refractivity contribution in [1.82, 2.24) is 9.80 Å². The second-order valence-corrected chi connectivity index (χ2v) is 7.16. The van der Waals surface area contributed by atoms with Crippen LogP contribution >= 0.6 is 0 Å². The molecule has 1 N–H and O–H groups in total. The van der Waals surface area contributed by atoms with Crippen molar-refractivity contribution < 1.29 is 18.9 Å². The van der Waals surface area contributed by atoms with Crippen molar-refractivity contribution in [3.63, 3.8) is 0 Å². The van der Waals surface area contributed by atoms with Crippen LogP contribution in [0.5, 0.6) is 0 Å². The Labute approximate surface area is 148 Å². The average Bonchev–Trinajstić information content (AvgIpc) is 2.62. The maximum Gasteiger partial charge on any atom is 0.226 e. The lowest BCUT2D eigenvalue weighted by Gasteiger charge is -2.37. The summed E-state index contributed by atoms with van der Waals surface area (Å²) in [4.78, 5) is 29.3. The largest absolute Gasteiger partial charge is 0.343 e. The highest BCUT2D eigenvalue weighted by molar-refractivity contribution is 5.79. The van der Waals surface area contributed by atoms with E-state index in [2.05, 4.69) is 0 Å². The average molecular weight is 348 g/mol. The lowest BCUT2D eigenvalue weighted by Crippen LogP contribution is -3.13. The Morgan fingerprint density at radius 1 is 1.12 bits per heavy atom. The summed E-state index contributed by atoms with van der Waals surface area (Å²) in [7, 11) is 0. The fraction of sp³-hybridized carbons (Fsp3) is 0.579. The smallest absolute Gasteiger partial charge is 0.226 e. The van der Waals surface area contributed by atoms with Crippen molar-refractivity contribution in [1.29, 1.82) is 0 Å². The number of piperazine rings is 1. The van der Waals surface area contributed by atoms with Gasteiger partial charge in [-0.2, -0.15) is 0 Å². The molecular weight excluding hydrogens is 321 g/mol. The summed E-state index contributed by atoms with van der Waals surface area (Å²) in [6.07, 6.45) is 1.55. The monoisotopic (exact) mass is 348 g/mol. The van der Waals surface area contributed by atoms with E-state index in [9.17, 15) is 14.0 Å². The van der Waals surface area contributed by atoms with Crippen LogP contribution in [0.25, 0.3) is 0 Å². The van der Waals surface area contributed by atoms with E-state index in [0.717, 1.165) is 51.1 Å². The third-order valence-corrected chi connectivity index (χ3v) is 5.41. The summed E-state index contributed by atoms with van der Waals surface area (Å²) >= 11 is 0. The second kappa shape index (κ2) is 7.95. The Morgan fingerprint density at radius 3 is 2.40 bits per heavy atom. The Hall–Kier alpha value is -1.95. The standard InChI is InChI=1S/C19H26FN3O2/c1-15(24)22-7-5-17(6-8-22)19(25)23-11-9-21(10-12-23)14-16-3-2-4-18(20)13-16/h2-4,13,17H,5-12,14H2,1H3/p+1. The summed E-state index contributed by atoms with van der Waals surface area (Å²) < 4.78 is 13.3. The van der Waals surface area contributed by atoms with Crippen LogP contribution in [-0.4, -0.2) is 60.9 Å². The van der Waals surface area contributed by atoms with E-state index in [-0.39, 0.29) is 23.5 Å². The Balaban J connectivity index is 1.46. The van der Waals surface area contributed by atoms with Crippen molar-refractivity contribution in [2.45, 2.75) is 26.3 Å². The maximum atomic E-state index is 13.3. The van der Waals surface area contributed by atoms with E-state index in [4.69, 9.17) is 0 Å². The second-order valence-electron chi connectivity index (χ2n) is 7.16. The number of nitrogens with zero attached hydrogens (tertiary/aromatic N) is 2. The minimum Gasteiger partial charge on any atom is -0.343 e. The van der Waals surface area contributed by atoms with Gasteiger partial charge in [-0.05, 0) is 25.0 Å². The molecule has 0 bridgehead atoms. The van der Waals surface area contributed by atoms with Crippen LogP contribution in [0.1, 0.15) is 25.3 Å². The molecule has 5 nitrogen and oxygen atoms in total. The molecule has 1 aromatic carbocycles. The van der Waals surface area contributed by atoms with Crippen molar-refractivity contribution in [3.8, 4) is 0 Å². The van der Waals surface area contributed by atoms with Gasteiger partial charge >= 0.3 is 0 Å². The molecular formula is C19H27FN3O2+. The van der Waals surface area contributed by atoms with Gasteiger partial charge in [0.15, 0.2) is 0 Å². The number of rotatable bonds is 3. The van der Waals surface area contributed by atoms with E-state index in [0.29, 0.717) is 13.1 Å². The third kappa shape index (κ3) is 4.57. The minimum absolute atomic E-state index is 0.0559. The Kier molecular flexibility index (Phi) is 5.68. The number of hydrogen-bond acceptors (Lipinski definition) is 2. The van der Waals surface area contributed by atoms with Gasteiger partial charge in [0.2, 0.25) is 11.8 Å². The number of likely N-dealkylation sites (tertiary alicyclic amines) is 1. The first-order valence-electron chi connectivity index (χ1n) is 9.15. The lowest BCUT2D eigenvalue weighted by atomic mass is 9.95. The first-order chi connectivity index (χ1) is 12.0. The van der Waals surface area contributed by atoms with Crippen LogP contribution in [0.2, 0.25) is 0 Å². The van der Waals surface area contributed by atoms with Gasteiger partial charge in [-0.25, -0.2) is 4.39 Å². The van der Waals surface area contributed by atoms with E-state index < -0.39 is 0 Å². The van der Waals surface area contributed by atoms with Gasteiger partial charge in [0, 0.05) is 31.5 Å². The van der Waals surface area contributed by atoms with Crippen molar-refractivity contribution in [2.24, 2.45) is 5.92 Å². The number of amides is 2. The summed E-state index contributed by atoms with van der Waals surface area (Å²) in [6.45, 7) is 7.09. The number of hydrogen-bond donors (Lipinski definition) is 1. The highest BCUT2D eigenvalue weighted by Gasteiger charge is 2.31. The molecule has 0 aliphatic carbocycles. The van der Waals surface area contributed by atoms with Crippen LogP contribution in [-0.2, 0) is 16.1 Å². The summed E-state index contributed by atoms with van der Waals surface area (Å²) in [5.74, 6) is 0.205. The Morgan fingerprint density at radius 2 is 1.80 bits per heavy atom. The van der Waals surface area contributed by atoms with E-state index in [1.54, 1.807) is 19.1 Å². The predicted molar refractivity (Wildman–Crippen MR) is 92.4 cm³/mol. The molecule has 0 aromatic heterocycles. The van der Waals surface area contributed by atoms with Gasteiger partial charge < -0.3 is 14.7 Å². The zero-order valence-electron chi connectivity index (χ0n) is 14.8. The molecule has 0 unspecified atom stereocenters. The van der Waals surface area contributed by atoms with Crippen LogP contribution in [0.15, 0.2) is 24.3 Å². The van der Waals surface area contributed by atoms with Crippen molar-refractivity contribution >= 4 is 11.8 Å². The molecule has 136 valence electrons. The molecule has 6 heteroatoms. The van der Waals surface area contributed by atoms with Gasteiger partial charge in [0.25, 0.3) is 0 Å². The molecule has 2 heterocycles. The molecule has 2 aliphatic rings. The van der Waals surface area contributed by atoms with Gasteiger partial charge in [0.05, 0.1) is 26.2 Å². The van der Waals surface area contributed by atoms with E-state index >= 15 is 0 Å². The number of quaternary nitrogens is 1. The topological polar surface area (TPSA) is 45.1 Å². The molecule has 0 atom stereocenters. The van der Waals surface area contributed by atoms with Crippen LogP contribution in [0.3, 0.4) is 0 Å². The van der Waals surface area contributed by atoms with Crippen LogP contribution < -0.4 is 4.90 Å². The SMILES string of the molecule is CC(=O)N1CCC(C(=O)N2CC[NH+](Cc3cccc(F)c3)CC2)CC1. The molecule has 25 heavy (non-hydrogen) atoms. The number of piperidine rings is 1. The zero-order chi connectivity index (χ0) is 17.8. The molecule has 2 amide bonds. The lowest BCUT2D eigenvalue weighted by molar-refractivity contribution is -0.917. The summed E-state index contributed by atoms with van der Waals surface area (Å²) in [6, 6.07) is 6.76. The fourth-order valence-corrected chi connectivity index (χ4v) is 3.86. The van der Waals surface area contributed by atoms with E-state index in [1.807, 2.05) is 15.9 Å². The normalized spacial score (nSPS) is 19.9. The first-order valence-corrected chi connectivity index (χ1v) is 9.15. The highest BCUT2D eigenvalue weighted by Crippen LogP contribution is 2.19. The van der Waals surface area contributed by atoms with Crippen LogP contribution in [0, 0.1) is 11.7 Å². The zero-order valence-corrected chi connectivity index (χ0v) is 14.8. The number of nitrogens with one attached hydrogen (secondary N) is 1. The first kappa shape index (κ1) is 17.9. The third-order valence-electron chi connectivity index (χ3n) is 5.41. The van der Waals surface area contributed by atoms with E-state index in [1.165, 1.54) is 11.0 Å². The molecule has 2 saturated heterocycles. The minimum atomic E-state index is -0.192. The summed E-state index contributed by atoms with van der Waals surface area (Å²) in [5, 5.41) is 0. The molecule has 0 spiro atoms. The highest BCUT2D eigenvalue weighted by atomic mass is 19.1. The van der Waals surface area contributed by atoms with Crippen molar-refractivity contribution in [3.05, 3.63) is 35.6 Å². The molecule has 0 saturated carbocycles. The maximum absolute atomic E-state index is 13.3. The van der Waals surface area contributed by atoms with Gasteiger partial charge in [-0.3, -0.25) is 9.59 Å². The number of carbonyl (C=O) groups excluding carboxylic acids is 2. The number of benzene rings is 1. The fourth-order valence-electron chi connectivity index (χ4n) is 3.86. The van der Waals surface area contributed by atoms with Gasteiger partial charge in [0.1, 0.15) is 12.4 Å². The van der Waals surface area contributed by atoms with Crippen molar-refractivity contribution in [2.75, 3.05) is 39.3 Å². The number of carbonyl (C=O) groups is 2.